The number of unbranched alkanes of at least 4 members (excludes halogenated alkanes) is 3. The Morgan fingerprint density at radius 2 is 1.81 bits per heavy atom. The molecule has 0 aliphatic rings. The van der Waals surface area contributed by atoms with Crippen LogP contribution in [-0.2, 0) is 4.79 Å². The minimum Gasteiger partial charge on any atom is -0.484 e. The number of hydrogen-bond donors (Lipinski definition) is 2. The molecule has 0 aliphatic heterocycles. The standard InChI is InChI=1S/C16H24ClNO3/c1-12-9-14(10-13(2)16(12)17)21-11-15(20)18-7-5-3-4-6-8-19/h9-10,19H,3-8,11H2,1-2H3,(H,18,20). The topological polar surface area (TPSA) is 58.6 Å². The van der Waals surface area contributed by atoms with E-state index in [0.717, 1.165) is 41.8 Å². The maximum Gasteiger partial charge on any atom is 0.257 e. The van der Waals surface area contributed by atoms with E-state index >= 15 is 0 Å². The highest BCUT2D eigenvalue weighted by Gasteiger charge is 2.06. The Kier molecular flexibility index (Phi) is 8.16. The van der Waals surface area contributed by atoms with Gasteiger partial charge in [-0.1, -0.05) is 24.4 Å². The number of nitrogens with one attached hydrogen (secondary N) is 1. The van der Waals surface area contributed by atoms with Gasteiger partial charge in [0.2, 0.25) is 0 Å². The first-order valence-electron chi connectivity index (χ1n) is 7.31. The van der Waals surface area contributed by atoms with E-state index in [1.807, 2.05) is 26.0 Å². The van der Waals surface area contributed by atoms with Gasteiger partial charge in [-0.05, 0) is 49.9 Å². The fourth-order valence-electron chi connectivity index (χ4n) is 2.01. The molecule has 0 atom stereocenters. The predicted octanol–water partition coefficient (Wildman–Crippen LogP) is 3.00. The summed E-state index contributed by atoms with van der Waals surface area (Å²) in [6.07, 6.45) is 3.75. The summed E-state index contributed by atoms with van der Waals surface area (Å²) in [6, 6.07) is 3.66. The Labute approximate surface area is 131 Å². The first kappa shape index (κ1) is 17.8. The number of hydrogen-bond acceptors (Lipinski definition) is 3. The van der Waals surface area contributed by atoms with Gasteiger partial charge in [0.15, 0.2) is 6.61 Å². The number of benzene rings is 1. The number of carbonyl (C=O) groups is 1. The van der Waals surface area contributed by atoms with Gasteiger partial charge < -0.3 is 15.2 Å². The summed E-state index contributed by atoms with van der Waals surface area (Å²) in [5, 5.41) is 12.2. The van der Waals surface area contributed by atoms with E-state index in [-0.39, 0.29) is 19.1 Å². The molecular weight excluding hydrogens is 290 g/mol. The molecule has 0 saturated heterocycles. The third-order valence-electron chi connectivity index (χ3n) is 3.19. The van der Waals surface area contributed by atoms with Crippen molar-refractivity contribution >= 4 is 17.5 Å². The second-order valence-corrected chi connectivity index (χ2v) is 5.53. The minimum atomic E-state index is -0.123. The zero-order valence-corrected chi connectivity index (χ0v) is 13.5. The molecule has 2 N–H and O–H groups in total. The average Bonchev–Trinajstić information content (AvgIpc) is 2.46. The molecule has 0 bridgehead atoms. The van der Waals surface area contributed by atoms with Gasteiger partial charge in [-0.2, -0.15) is 0 Å². The largest absolute Gasteiger partial charge is 0.484 e. The highest BCUT2D eigenvalue weighted by atomic mass is 35.5. The van der Waals surface area contributed by atoms with Crippen LogP contribution < -0.4 is 10.1 Å². The molecule has 0 radical (unpaired) electrons. The highest BCUT2D eigenvalue weighted by Crippen LogP contribution is 2.25. The van der Waals surface area contributed by atoms with Crippen LogP contribution in [0.3, 0.4) is 0 Å². The molecule has 1 aromatic carbocycles. The van der Waals surface area contributed by atoms with Crippen molar-refractivity contribution < 1.29 is 14.6 Å². The van der Waals surface area contributed by atoms with E-state index in [0.29, 0.717) is 12.3 Å². The first-order valence-corrected chi connectivity index (χ1v) is 7.69. The molecule has 1 aromatic rings. The molecule has 5 heteroatoms. The second kappa shape index (κ2) is 9.64. The monoisotopic (exact) mass is 313 g/mol. The zero-order valence-electron chi connectivity index (χ0n) is 12.7. The third kappa shape index (κ3) is 6.82. The minimum absolute atomic E-state index is 0.0111. The van der Waals surface area contributed by atoms with Crippen LogP contribution in [0.2, 0.25) is 5.02 Å². The molecule has 118 valence electrons. The molecule has 0 spiro atoms. The lowest BCUT2D eigenvalue weighted by atomic mass is 10.1. The van der Waals surface area contributed by atoms with Gasteiger partial charge in [0.05, 0.1) is 0 Å². The van der Waals surface area contributed by atoms with Crippen molar-refractivity contribution in [2.24, 2.45) is 0 Å². The number of halogens is 1. The van der Waals surface area contributed by atoms with Crippen LogP contribution in [0.25, 0.3) is 0 Å². The zero-order chi connectivity index (χ0) is 15.7. The summed E-state index contributed by atoms with van der Waals surface area (Å²) in [4.78, 5) is 11.6. The molecule has 21 heavy (non-hydrogen) atoms. The Morgan fingerprint density at radius 3 is 2.43 bits per heavy atom. The summed E-state index contributed by atoms with van der Waals surface area (Å²) < 4.78 is 5.48. The van der Waals surface area contributed by atoms with Crippen molar-refractivity contribution in [3.63, 3.8) is 0 Å². The quantitative estimate of drug-likeness (QED) is 0.689. The fraction of sp³-hybridized carbons (Fsp3) is 0.562. The summed E-state index contributed by atoms with van der Waals surface area (Å²) in [7, 11) is 0. The first-order chi connectivity index (χ1) is 10.0. The van der Waals surface area contributed by atoms with Gasteiger partial charge in [0.1, 0.15) is 5.75 Å². The van der Waals surface area contributed by atoms with Crippen LogP contribution in [0.15, 0.2) is 12.1 Å². The van der Waals surface area contributed by atoms with Gasteiger partial charge in [-0.15, -0.1) is 0 Å². The molecule has 0 fully saturated rings. The second-order valence-electron chi connectivity index (χ2n) is 5.15. The number of aliphatic hydroxyl groups is 1. The number of aryl methyl sites for hydroxylation is 2. The van der Waals surface area contributed by atoms with Crippen molar-refractivity contribution in [2.45, 2.75) is 39.5 Å². The molecule has 0 aromatic heterocycles. The van der Waals surface area contributed by atoms with Crippen molar-refractivity contribution in [3.8, 4) is 5.75 Å². The van der Waals surface area contributed by atoms with Crippen LogP contribution in [0.1, 0.15) is 36.8 Å². The molecule has 1 amide bonds. The van der Waals surface area contributed by atoms with Crippen LogP contribution >= 0.6 is 11.6 Å². The number of ether oxygens (including phenoxy) is 1. The predicted molar refractivity (Wildman–Crippen MR) is 85.0 cm³/mol. The van der Waals surface area contributed by atoms with E-state index in [1.165, 1.54) is 0 Å². The van der Waals surface area contributed by atoms with E-state index < -0.39 is 0 Å². The lowest BCUT2D eigenvalue weighted by Crippen LogP contribution is -2.29. The van der Waals surface area contributed by atoms with Crippen LogP contribution in [0, 0.1) is 13.8 Å². The molecule has 4 nitrogen and oxygen atoms in total. The lowest BCUT2D eigenvalue weighted by Gasteiger charge is -2.10. The Morgan fingerprint density at radius 1 is 1.19 bits per heavy atom. The Hall–Kier alpha value is -1.26. The van der Waals surface area contributed by atoms with E-state index in [4.69, 9.17) is 21.4 Å². The number of aliphatic hydroxyl groups excluding tert-OH is 1. The van der Waals surface area contributed by atoms with Gasteiger partial charge in [-0.3, -0.25) is 4.79 Å². The molecule has 0 aliphatic carbocycles. The highest BCUT2D eigenvalue weighted by molar-refractivity contribution is 6.32. The van der Waals surface area contributed by atoms with Gasteiger partial charge in [0.25, 0.3) is 5.91 Å². The Bertz CT molecular complexity index is 440. The average molecular weight is 314 g/mol. The van der Waals surface area contributed by atoms with Crippen molar-refractivity contribution in [1.29, 1.82) is 0 Å². The number of amides is 1. The smallest absolute Gasteiger partial charge is 0.257 e. The van der Waals surface area contributed by atoms with Crippen molar-refractivity contribution in [1.82, 2.24) is 5.32 Å². The third-order valence-corrected chi connectivity index (χ3v) is 3.78. The van der Waals surface area contributed by atoms with Crippen molar-refractivity contribution in [2.75, 3.05) is 19.8 Å². The summed E-state index contributed by atoms with van der Waals surface area (Å²) in [6.45, 7) is 4.72. The summed E-state index contributed by atoms with van der Waals surface area (Å²) >= 11 is 6.08. The molecule has 0 saturated carbocycles. The number of rotatable bonds is 9. The van der Waals surface area contributed by atoms with Crippen molar-refractivity contribution in [3.05, 3.63) is 28.3 Å². The van der Waals surface area contributed by atoms with Gasteiger partial charge in [0, 0.05) is 18.2 Å². The summed E-state index contributed by atoms with van der Waals surface area (Å²) in [5.74, 6) is 0.537. The number of carbonyl (C=O) groups excluding carboxylic acids is 1. The van der Waals surface area contributed by atoms with Gasteiger partial charge >= 0.3 is 0 Å². The van der Waals surface area contributed by atoms with E-state index in [2.05, 4.69) is 5.32 Å². The maximum atomic E-state index is 11.6. The molecule has 0 heterocycles. The van der Waals surface area contributed by atoms with E-state index in [1.54, 1.807) is 0 Å². The lowest BCUT2D eigenvalue weighted by molar-refractivity contribution is -0.123. The molecule has 1 rings (SSSR count). The summed E-state index contributed by atoms with van der Waals surface area (Å²) in [5.41, 5.74) is 1.88. The molecule has 0 unspecified atom stereocenters. The van der Waals surface area contributed by atoms with E-state index in [9.17, 15) is 4.79 Å². The van der Waals surface area contributed by atoms with Gasteiger partial charge in [-0.25, -0.2) is 0 Å². The van der Waals surface area contributed by atoms with Crippen LogP contribution in [-0.4, -0.2) is 30.8 Å². The van der Waals surface area contributed by atoms with Crippen LogP contribution in [0.5, 0.6) is 5.75 Å². The Balaban J connectivity index is 2.24. The molecular formula is C16H24ClNO3. The normalized spacial score (nSPS) is 10.5. The van der Waals surface area contributed by atoms with Crippen LogP contribution in [0.4, 0.5) is 0 Å². The fourth-order valence-corrected chi connectivity index (χ4v) is 2.12. The maximum absolute atomic E-state index is 11.6. The SMILES string of the molecule is Cc1cc(OCC(=O)NCCCCCCO)cc(C)c1Cl.